The van der Waals surface area contributed by atoms with Gasteiger partial charge in [-0.15, -0.1) is 0 Å². The Morgan fingerprint density at radius 1 is 1.22 bits per heavy atom. The second-order valence-corrected chi connectivity index (χ2v) is 4.94. The molecule has 3 N–H and O–H groups in total. The average molecular weight is 272 g/mol. The molecule has 1 aliphatic rings. The minimum Gasteiger partial charge on any atom is -0.547 e. The van der Waals surface area contributed by atoms with Gasteiger partial charge in [-0.3, -0.25) is 0 Å². The van der Waals surface area contributed by atoms with Gasteiger partial charge in [0.1, 0.15) is 24.4 Å². The fraction of sp³-hybridized carbons (Fsp3) is 0.900. The summed E-state index contributed by atoms with van der Waals surface area (Å²) in [6.45, 7) is 4.97. The molecule has 8 heteroatoms. The van der Waals surface area contributed by atoms with Crippen molar-refractivity contribution in [3.05, 3.63) is 0 Å². The van der Waals surface area contributed by atoms with E-state index in [2.05, 4.69) is 4.74 Å². The van der Waals surface area contributed by atoms with E-state index in [4.69, 9.17) is 4.74 Å². The fourth-order valence-electron chi connectivity index (χ4n) is 1.58. The monoisotopic (exact) mass is 272 g/mol. The van der Waals surface area contributed by atoms with E-state index in [1.54, 1.807) is 20.8 Å². The van der Waals surface area contributed by atoms with Crippen molar-refractivity contribution in [3.63, 3.8) is 0 Å². The van der Waals surface area contributed by atoms with Crippen molar-refractivity contribution >= 4 is 5.97 Å². The second-order valence-electron chi connectivity index (χ2n) is 4.94. The third-order valence-electron chi connectivity index (χ3n) is 2.29. The van der Waals surface area contributed by atoms with Gasteiger partial charge in [-0.1, -0.05) is 0 Å². The van der Waals surface area contributed by atoms with Gasteiger partial charge < -0.3 is 34.7 Å². The van der Waals surface area contributed by atoms with E-state index in [-0.39, 0.29) is 29.6 Å². The summed E-state index contributed by atoms with van der Waals surface area (Å²) in [6.07, 6.45) is -7.92. The minimum absolute atomic E-state index is 0. The predicted octanol–water partition coefficient (Wildman–Crippen LogP) is -5.64. The maximum Gasteiger partial charge on any atom is 1.00 e. The molecule has 0 amide bonds. The van der Waals surface area contributed by atoms with Gasteiger partial charge in [-0.2, -0.15) is 0 Å². The maximum absolute atomic E-state index is 10.8. The SMILES string of the molecule is CC(C)(C)O[C@@H]1C(C(=O)[O-])O[C@H](O)[C@H](O)C1O.[Na+]. The summed E-state index contributed by atoms with van der Waals surface area (Å²) in [7, 11) is 0. The summed E-state index contributed by atoms with van der Waals surface area (Å²) in [5.41, 5.74) is -0.745. The molecule has 1 aliphatic heterocycles. The first-order chi connectivity index (χ1) is 7.63. The molecule has 0 radical (unpaired) electrons. The van der Waals surface area contributed by atoms with Crippen LogP contribution in [0.5, 0.6) is 0 Å². The van der Waals surface area contributed by atoms with Crippen LogP contribution in [0.4, 0.5) is 0 Å². The zero-order chi connectivity index (χ0) is 13.4. The van der Waals surface area contributed by atoms with Crippen molar-refractivity contribution < 1.29 is 64.3 Å². The van der Waals surface area contributed by atoms with Crippen molar-refractivity contribution in [2.75, 3.05) is 0 Å². The van der Waals surface area contributed by atoms with Crippen LogP contribution in [0.15, 0.2) is 0 Å². The van der Waals surface area contributed by atoms with Gasteiger partial charge >= 0.3 is 29.6 Å². The molecule has 5 atom stereocenters. The number of carbonyl (C=O) groups excluding carboxylic acids is 1. The number of hydrogen-bond donors (Lipinski definition) is 3. The topological polar surface area (TPSA) is 119 Å². The van der Waals surface area contributed by atoms with Crippen LogP contribution in [0.3, 0.4) is 0 Å². The Balaban J connectivity index is 0.00000289. The van der Waals surface area contributed by atoms with E-state index < -0.39 is 42.3 Å². The van der Waals surface area contributed by atoms with Gasteiger partial charge in [-0.25, -0.2) is 0 Å². The van der Waals surface area contributed by atoms with E-state index in [0.29, 0.717) is 0 Å². The van der Waals surface area contributed by atoms with E-state index in [9.17, 15) is 25.2 Å². The largest absolute Gasteiger partial charge is 1.00 e. The average Bonchev–Trinajstić information content (AvgIpc) is 2.16. The molecule has 7 nitrogen and oxygen atoms in total. The molecule has 100 valence electrons. The van der Waals surface area contributed by atoms with Crippen molar-refractivity contribution in [2.45, 2.75) is 57.1 Å². The van der Waals surface area contributed by atoms with E-state index in [1.807, 2.05) is 0 Å². The molecule has 0 aromatic carbocycles. The Morgan fingerprint density at radius 3 is 2.11 bits per heavy atom. The van der Waals surface area contributed by atoms with Crippen molar-refractivity contribution in [1.29, 1.82) is 0 Å². The number of rotatable bonds is 2. The number of carbonyl (C=O) groups is 1. The fourth-order valence-corrected chi connectivity index (χ4v) is 1.58. The van der Waals surface area contributed by atoms with Crippen LogP contribution < -0.4 is 34.7 Å². The predicted molar refractivity (Wildman–Crippen MR) is 52.5 cm³/mol. The first-order valence-electron chi connectivity index (χ1n) is 5.22. The number of aliphatic carboxylic acids is 1. The summed E-state index contributed by atoms with van der Waals surface area (Å²) in [5, 5.41) is 39.1. The van der Waals surface area contributed by atoms with Gasteiger partial charge in [0.25, 0.3) is 0 Å². The molecule has 0 aliphatic carbocycles. The molecule has 0 spiro atoms. The van der Waals surface area contributed by atoms with Crippen molar-refractivity contribution in [1.82, 2.24) is 0 Å². The Hall–Kier alpha value is 0.270. The van der Waals surface area contributed by atoms with Gasteiger partial charge in [0.05, 0.1) is 11.6 Å². The normalized spacial score (nSPS) is 36.9. The Morgan fingerprint density at radius 2 is 1.72 bits per heavy atom. The number of hydrogen-bond acceptors (Lipinski definition) is 7. The van der Waals surface area contributed by atoms with Crippen LogP contribution in [0.1, 0.15) is 20.8 Å². The molecule has 2 unspecified atom stereocenters. The smallest absolute Gasteiger partial charge is 0.547 e. The molecule has 0 saturated carbocycles. The quantitative estimate of drug-likeness (QED) is 0.429. The van der Waals surface area contributed by atoms with Gasteiger partial charge in [-0.05, 0) is 20.8 Å². The van der Waals surface area contributed by atoms with Gasteiger partial charge in [0, 0.05) is 0 Å². The molecule has 1 rings (SSSR count). The Kier molecular flexibility index (Phi) is 6.72. The van der Waals surface area contributed by atoms with Crippen LogP contribution in [-0.4, -0.2) is 57.6 Å². The Bertz CT molecular complexity index is 290. The van der Waals surface area contributed by atoms with Crippen LogP contribution >= 0.6 is 0 Å². The molecule has 0 aromatic rings. The summed E-state index contributed by atoms with van der Waals surface area (Å²) in [6, 6.07) is 0. The first kappa shape index (κ1) is 18.3. The standard InChI is InChI=1S/C10H18O7.Na/c1-10(2,3)17-6-4(11)5(12)9(15)16-7(6)8(13)14;/h4-7,9,11-12,15H,1-3H3,(H,13,14);/q;+1/p-1/t4?,5-,6+,7?,9+;/m1./s1. The van der Waals surface area contributed by atoms with Crippen LogP contribution in [0.25, 0.3) is 0 Å². The third kappa shape index (κ3) is 4.43. The molecule has 1 heterocycles. The van der Waals surface area contributed by atoms with Crippen LogP contribution in [-0.2, 0) is 14.3 Å². The van der Waals surface area contributed by atoms with Crippen LogP contribution in [0.2, 0.25) is 0 Å². The molecule has 1 fully saturated rings. The van der Waals surface area contributed by atoms with Crippen LogP contribution in [0, 0.1) is 0 Å². The van der Waals surface area contributed by atoms with E-state index in [0.717, 1.165) is 0 Å². The summed E-state index contributed by atoms with van der Waals surface area (Å²) >= 11 is 0. The molecular formula is C10H17NaO7. The number of aliphatic hydroxyl groups is 3. The molecule has 0 bridgehead atoms. The maximum atomic E-state index is 10.8. The third-order valence-corrected chi connectivity index (χ3v) is 2.29. The number of carboxylic acids is 1. The van der Waals surface area contributed by atoms with E-state index >= 15 is 0 Å². The summed E-state index contributed by atoms with van der Waals surface area (Å²) < 4.78 is 9.96. The van der Waals surface area contributed by atoms with E-state index in [1.165, 1.54) is 0 Å². The summed E-state index contributed by atoms with van der Waals surface area (Å²) in [4.78, 5) is 10.8. The van der Waals surface area contributed by atoms with Gasteiger partial charge in [0.15, 0.2) is 6.29 Å². The number of aliphatic hydroxyl groups excluding tert-OH is 3. The zero-order valence-electron chi connectivity index (χ0n) is 10.9. The first-order valence-corrected chi connectivity index (χ1v) is 5.22. The summed E-state index contributed by atoms with van der Waals surface area (Å²) in [5.74, 6) is -1.62. The number of ether oxygens (including phenoxy) is 2. The molecule has 1 saturated heterocycles. The number of carboxylic acid groups (broad SMARTS) is 1. The Labute approximate surface area is 127 Å². The zero-order valence-corrected chi connectivity index (χ0v) is 12.9. The van der Waals surface area contributed by atoms with Crippen molar-refractivity contribution in [2.24, 2.45) is 0 Å². The van der Waals surface area contributed by atoms with Gasteiger partial charge in [0.2, 0.25) is 0 Å². The molecular weight excluding hydrogens is 255 g/mol. The molecule has 18 heavy (non-hydrogen) atoms. The van der Waals surface area contributed by atoms with Crippen molar-refractivity contribution in [3.8, 4) is 0 Å². The minimum atomic E-state index is -1.78. The second kappa shape index (κ2) is 6.62. The molecule has 0 aromatic heterocycles.